The van der Waals surface area contributed by atoms with Gasteiger partial charge in [0, 0.05) is 31.9 Å². The van der Waals surface area contributed by atoms with Gasteiger partial charge in [-0.3, -0.25) is 4.79 Å². The summed E-state index contributed by atoms with van der Waals surface area (Å²) in [7, 11) is 1.76. The minimum absolute atomic E-state index is 0.0187. The first-order valence-electron chi connectivity index (χ1n) is 7.71. The highest BCUT2D eigenvalue weighted by atomic mass is 32.2. The van der Waals surface area contributed by atoms with Crippen molar-refractivity contribution in [3.05, 3.63) is 52.4 Å². The molecule has 1 aliphatic heterocycles. The number of aryl methyl sites for hydroxylation is 2. The van der Waals surface area contributed by atoms with Gasteiger partial charge in [-0.2, -0.15) is 0 Å². The second-order valence-corrected chi connectivity index (χ2v) is 7.27. The van der Waals surface area contributed by atoms with Gasteiger partial charge in [0.2, 0.25) is 0 Å². The van der Waals surface area contributed by atoms with E-state index in [0.717, 1.165) is 47.8 Å². The molecule has 2 aromatic rings. The standard InChI is InChI=1S/C17H21N3O2S/c1-13-11-15(12-19(2)17(13)21)14-3-5-16(6-4-14)23(22)20-9-7-18-8-10-20/h3-6,11-12,18H,7-10H2,1-2H3. The number of nitrogens with zero attached hydrogens (tertiary/aromatic N) is 2. The lowest BCUT2D eigenvalue weighted by atomic mass is 10.1. The summed E-state index contributed by atoms with van der Waals surface area (Å²) >= 11 is -1.11. The number of pyridine rings is 1. The summed E-state index contributed by atoms with van der Waals surface area (Å²) in [5, 5.41) is 3.26. The Morgan fingerprint density at radius 1 is 1.13 bits per heavy atom. The Morgan fingerprint density at radius 3 is 2.39 bits per heavy atom. The van der Waals surface area contributed by atoms with Crippen LogP contribution in [0.5, 0.6) is 0 Å². The van der Waals surface area contributed by atoms with Crippen LogP contribution in [0.1, 0.15) is 5.56 Å². The van der Waals surface area contributed by atoms with Crippen molar-refractivity contribution in [2.45, 2.75) is 11.8 Å². The molecule has 1 N–H and O–H groups in total. The van der Waals surface area contributed by atoms with Crippen molar-refractivity contribution in [2.75, 3.05) is 26.2 Å². The Labute approximate surface area is 139 Å². The van der Waals surface area contributed by atoms with Gasteiger partial charge in [0.15, 0.2) is 4.90 Å². The summed E-state index contributed by atoms with van der Waals surface area (Å²) in [5.41, 5.74) is 2.75. The van der Waals surface area contributed by atoms with Crippen LogP contribution in [0.3, 0.4) is 0 Å². The molecular weight excluding hydrogens is 310 g/mol. The fourth-order valence-electron chi connectivity index (χ4n) is 2.76. The van der Waals surface area contributed by atoms with Crippen molar-refractivity contribution >= 4 is 11.4 Å². The van der Waals surface area contributed by atoms with Gasteiger partial charge >= 0.3 is 0 Å². The highest BCUT2D eigenvalue weighted by Crippen LogP contribution is 2.23. The van der Waals surface area contributed by atoms with Gasteiger partial charge in [-0.15, -0.1) is 4.31 Å². The predicted molar refractivity (Wildman–Crippen MR) is 92.7 cm³/mol. The first-order chi connectivity index (χ1) is 11.1. The molecule has 0 amide bonds. The van der Waals surface area contributed by atoms with Crippen molar-refractivity contribution in [1.29, 1.82) is 0 Å². The average Bonchev–Trinajstić information content (AvgIpc) is 2.59. The van der Waals surface area contributed by atoms with E-state index in [2.05, 4.69) is 5.32 Å². The zero-order valence-electron chi connectivity index (χ0n) is 13.4. The Morgan fingerprint density at radius 2 is 1.78 bits per heavy atom. The van der Waals surface area contributed by atoms with E-state index in [4.69, 9.17) is 0 Å². The van der Waals surface area contributed by atoms with Crippen LogP contribution in [0, 0.1) is 6.92 Å². The van der Waals surface area contributed by atoms with Crippen molar-refractivity contribution in [3.8, 4) is 11.1 Å². The zero-order chi connectivity index (χ0) is 16.4. The van der Waals surface area contributed by atoms with Gasteiger partial charge in [0.05, 0.1) is 24.5 Å². The van der Waals surface area contributed by atoms with Crippen LogP contribution in [-0.2, 0) is 18.4 Å². The molecule has 0 radical (unpaired) electrons. The number of hydrogen-bond donors (Lipinski definition) is 1. The van der Waals surface area contributed by atoms with Gasteiger partial charge < -0.3 is 14.4 Å². The van der Waals surface area contributed by atoms with Crippen LogP contribution in [0.15, 0.2) is 46.2 Å². The number of nitrogens with one attached hydrogen (secondary N) is 1. The van der Waals surface area contributed by atoms with Gasteiger partial charge in [-0.1, -0.05) is 0 Å². The lowest BCUT2D eigenvalue weighted by Gasteiger charge is -2.27. The van der Waals surface area contributed by atoms with Crippen LogP contribution in [0.25, 0.3) is 11.1 Å². The van der Waals surface area contributed by atoms with Gasteiger partial charge in [-0.25, -0.2) is 0 Å². The average molecular weight is 331 g/mol. The van der Waals surface area contributed by atoms with Crippen LogP contribution in [0.4, 0.5) is 0 Å². The van der Waals surface area contributed by atoms with E-state index in [1.807, 2.05) is 47.8 Å². The molecule has 1 aromatic heterocycles. The largest absolute Gasteiger partial charge is 0.593 e. The van der Waals surface area contributed by atoms with Crippen LogP contribution < -0.4 is 10.9 Å². The molecule has 0 aliphatic carbocycles. The molecule has 2 heterocycles. The lowest BCUT2D eigenvalue weighted by Crippen LogP contribution is -2.46. The zero-order valence-corrected chi connectivity index (χ0v) is 14.2. The molecule has 1 unspecified atom stereocenters. The predicted octanol–water partition coefficient (Wildman–Crippen LogP) is 1.29. The molecule has 0 saturated carbocycles. The molecule has 3 rings (SSSR count). The Kier molecular flexibility index (Phi) is 4.87. The van der Waals surface area contributed by atoms with Crippen molar-refractivity contribution in [1.82, 2.24) is 14.2 Å². The summed E-state index contributed by atoms with van der Waals surface area (Å²) in [6, 6.07) is 9.65. The van der Waals surface area contributed by atoms with E-state index in [-0.39, 0.29) is 5.56 Å². The highest BCUT2D eigenvalue weighted by molar-refractivity contribution is 7.89. The van der Waals surface area contributed by atoms with Crippen molar-refractivity contribution < 1.29 is 4.55 Å². The van der Waals surface area contributed by atoms with Gasteiger partial charge in [-0.05, 0) is 48.4 Å². The molecule has 1 aliphatic rings. The summed E-state index contributed by atoms with van der Waals surface area (Å²) in [4.78, 5) is 12.6. The van der Waals surface area contributed by atoms with Crippen LogP contribution in [0.2, 0.25) is 0 Å². The summed E-state index contributed by atoms with van der Waals surface area (Å²) in [6.07, 6.45) is 1.83. The first kappa shape index (κ1) is 16.3. The fraction of sp³-hybridized carbons (Fsp3) is 0.353. The molecule has 1 atom stereocenters. The van der Waals surface area contributed by atoms with E-state index < -0.39 is 11.4 Å². The number of hydrogen-bond acceptors (Lipinski definition) is 4. The molecule has 6 heteroatoms. The van der Waals surface area contributed by atoms with Crippen molar-refractivity contribution in [2.24, 2.45) is 7.05 Å². The lowest BCUT2D eigenvalue weighted by molar-refractivity contribution is 0.360. The SMILES string of the molecule is Cc1cc(-c2ccc([S+]([O-])N3CCNCC3)cc2)cn(C)c1=O. The maximum atomic E-state index is 12.6. The molecule has 1 aromatic carbocycles. The quantitative estimate of drug-likeness (QED) is 0.861. The number of benzene rings is 1. The minimum Gasteiger partial charge on any atom is -0.593 e. The third-order valence-corrected chi connectivity index (χ3v) is 5.57. The Hall–Kier alpha value is -1.60. The third-order valence-electron chi connectivity index (χ3n) is 4.06. The van der Waals surface area contributed by atoms with E-state index in [1.54, 1.807) is 11.6 Å². The van der Waals surface area contributed by atoms with Crippen LogP contribution >= 0.6 is 0 Å². The normalized spacial score (nSPS) is 17.2. The monoisotopic (exact) mass is 331 g/mol. The third kappa shape index (κ3) is 3.50. The molecule has 0 spiro atoms. The van der Waals surface area contributed by atoms with Gasteiger partial charge in [0.1, 0.15) is 0 Å². The number of piperazine rings is 1. The Balaban J connectivity index is 1.83. The van der Waals surface area contributed by atoms with E-state index >= 15 is 0 Å². The molecular formula is C17H21N3O2S. The Bertz CT molecular complexity index is 710. The second kappa shape index (κ2) is 6.88. The number of aromatic nitrogens is 1. The van der Waals surface area contributed by atoms with E-state index in [0.29, 0.717) is 0 Å². The molecule has 1 fully saturated rings. The smallest absolute Gasteiger partial charge is 0.253 e. The van der Waals surface area contributed by atoms with E-state index in [1.165, 1.54) is 0 Å². The summed E-state index contributed by atoms with van der Waals surface area (Å²) in [5.74, 6) is 0. The van der Waals surface area contributed by atoms with Gasteiger partial charge in [0.25, 0.3) is 5.56 Å². The topological polar surface area (TPSA) is 60.3 Å². The first-order valence-corrected chi connectivity index (χ1v) is 8.82. The molecule has 122 valence electrons. The van der Waals surface area contributed by atoms with Crippen LogP contribution in [-0.4, -0.2) is 39.6 Å². The molecule has 23 heavy (non-hydrogen) atoms. The molecule has 1 saturated heterocycles. The summed E-state index contributed by atoms with van der Waals surface area (Å²) < 4.78 is 16.1. The minimum atomic E-state index is -1.11. The second-order valence-electron chi connectivity index (χ2n) is 5.78. The van der Waals surface area contributed by atoms with Crippen molar-refractivity contribution in [3.63, 3.8) is 0 Å². The molecule has 5 nitrogen and oxygen atoms in total. The number of rotatable bonds is 3. The maximum Gasteiger partial charge on any atom is 0.253 e. The highest BCUT2D eigenvalue weighted by Gasteiger charge is 2.24. The summed E-state index contributed by atoms with van der Waals surface area (Å²) in [6.45, 7) is 5.17. The fourth-order valence-corrected chi connectivity index (χ4v) is 3.94. The molecule has 0 bridgehead atoms. The maximum absolute atomic E-state index is 12.6. The van der Waals surface area contributed by atoms with E-state index in [9.17, 15) is 9.35 Å².